The number of nitrogens with zero attached hydrogens (tertiary/aromatic N) is 1. The molecular formula is C15H23NS. The van der Waals surface area contributed by atoms with Crippen molar-refractivity contribution in [3.8, 4) is 5.40 Å². The van der Waals surface area contributed by atoms with E-state index in [2.05, 4.69) is 26.2 Å². The Kier molecular flexibility index (Phi) is 2.74. The highest BCUT2D eigenvalue weighted by Crippen LogP contribution is 2.67. The molecule has 4 rings (SSSR count). The zero-order valence-corrected chi connectivity index (χ0v) is 12.0. The molecule has 0 N–H and O–H groups in total. The van der Waals surface area contributed by atoms with Gasteiger partial charge in [-0.1, -0.05) is 20.8 Å². The average Bonchev–Trinajstić information content (AvgIpc) is 2.59. The molecule has 6 unspecified atom stereocenters. The van der Waals surface area contributed by atoms with Crippen LogP contribution in [0, 0.1) is 45.7 Å². The molecule has 4 saturated carbocycles. The van der Waals surface area contributed by atoms with Gasteiger partial charge in [-0.05, 0) is 72.4 Å². The van der Waals surface area contributed by atoms with Crippen LogP contribution in [0.5, 0.6) is 0 Å². The fraction of sp³-hybridized carbons (Fsp3) is 0.933. The SMILES string of the molecule is CC(C)C1CC2C3CCC(C)(CC13)C2SC#N. The zero-order valence-electron chi connectivity index (χ0n) is 11.1. The molecule has 0 aromatic heterocycles. The monoisotopic (exact) mass is 249 g/mol. The first kappa shape index (κ1) is 11.9. The number of hydrogen-bond acceptors (Lipinski definition) is 2. The molecule has 0 aromatic rings. The number of thiocyanates is 1. The van der Waals surface area contributed by atoms with Gasteiger partial charge >= 0.3 is 0 Å². The van der Waals surface area contributed by atoms with E-state index in [4.69, 9.17) is 5.26 Å². The summed E-state index contributed by atoms with van der Waals surface area (Å²) in [5, 5.41) is 12.1. The van der Waals surface area contributed by atoms with Crippen molar-refractivity contribution < 1.29 is 0 Å². The average molecular weight is 249 g/mol. The summed E-state index contributed by atoms with van der Waals surface area (Å²) in [4.78, 5) is 0. The first-order valence-corrected chi connectivity index (χ1v) is 7.99. The van der Waals surface area contributed by atoms with Crippen molar-refractivity contribution in [2.75, 3.05) is 0 Å². The Labute approximate surface area is 109 Å². The van der Waals surface area contributed by atoms with Crippen molar-refractivity contribution in [2.24, 2.45) is 35.0 Å². The molecule has 94 valence electrons. The lowest BCUT2D eigenvalue weighted by molar-refractivity contribution is 0.0120. The molecule has 6 atom stereocenters. The van der Waals surface area contributed by atoms with Crippen LogP contribution in [0.25, 0.3) is 0 Å². The van der Waals surface area contributed by atoms with Crippen LogP contribution in [0.4, 0.5) is 0 Å². The van der Waals surface area contributed by atoms with Gasteiger partial charge in [-0.15, -0.1) is 0 Å². The summed E-state index contributed by atoms with van der Waals surface area (Å²) in [5.74, 6) is 4.56. The molecule has 0 aliphatic heterocycles. The zero-order chi connectivity index (χ0) is 12.2. The second kappa shape index (κ2) is 3.92. The van der Waals surface area contributed by atoms with E-state index in [9.17, 15) is 0 Å². The second-order valence-corrected chi connectivity index (χ2v) is 8.09. The van der Waals surface area contributed by atoms with Gasteiger partial charge in [0.2, 0.25) is 0 Å². The standard InChI is InChI=1S/C15H23NS/c1-9(2)11-6-12-10-4-5-15(3,7-13(10)11)14(12)17-8-16/h9-14H,4-7H2,1-3H3. The Balaban J connectivity index is 1.92. The van der Waals surface area contributed by atoms with Crippen LogP contribution in [-0.2, 0) is 0 Å². The lowest BCUT2D eigenvalue weighted by Gasteiger charge is -2.54. The summed E-state index contributed by atoms with van der Waals surface area (Å²) in [6, 6.07) is 0. The molecule has 2 heteroatoms. The van der Waals surface area contributed by atoms with Crippen molar-refractivity contribution in [1.29, 1.82) is 5.26 Å². The first-order valence-electron chi connectivity index (χ1n) is 7.11. The first-order chi connectivity index (χ1) is 8.07. The Bertz CT molecular complexity index is 358. The topological polar surface area (TPSA) is 23.8 Å². The van der Waals surface area contributed by atoms with Gasteiger partial charge in [-0.3, -0.25) is 0 Å². The van der Waals surface area contributed by atoms with Gasteiger partial charge in [-0.25, -0.2) is 0 Å². The van der Waals surface area contributed by atoms with Crippen LogP contribution in [0.1, 0.15) is 46.5 Å². The molecule has 4 aliphatic carbocycles. The van der Waals surface area contributed by atoms with Gasteiger partial charge in [0.25, 0.3) is 0 Å². The van der Waals surface area contributed by atoms with E-state index < -0.39 is 0 Å². The van der Waals surface area contributed by atoms with Crippen molar-refractivity contribution in [2.45, 2.75) is 51.7 Å². The molecule has 0 amide bonds. The summed E-state index contributed by atoms with van der Waals surface area (Å²) in [5.41, 5.74) is 0.466. The van der Waals surface area contributed by atoms with Crippen LogP contribution in [0.3, 0.4) is 0 Å². The molecule has 4 fully saturated rings. The highest BCUT2D eigenvalue weighted by Gasteiger charge is 2.60. The van der Waals surface area contributed by atoms with Crippen LogP contribution in [0.15, 0.2) is 0 Å². The number of rotatable bonds is 2. The number of nitriles is 1. The predicted molar refractivity (Wildman–Crippen MR) is 72.4 cm³/mol. The smallest absolute Gasteiger partial charge is 0.133 e. The van der Waals surface area contributed by atoms with Crippen molar-refractivity contribution in [3.05, 3.63) is 0 Å². The van der Waals surface area contributed by atoms with E-state index in [0.717, 1.165) is 29.6 Å². The summed E-state index contributed by atoms with van der Waals surface area (Å²) in [6.07, 6.45) is 5.62. The minimum atomic E-state index is 0.466. The van der Waals surface area contributed by atoms with E-state index in [-0.39, 0.29) is 0 Å². The number of thioether (sulfide) groups is 1. The fourth-order valence-corrected chi connectivity index (χ4v) is 6.44. The summed E-state index contributed by atoms with van der Waals surface area (Å²) in [7, 11) is 0. The normalized spacial score (nSPS) is 51.8. The second-order valence-electron chi connectivity index (χ2n) is 7.16. The summed E-state index contributed by atoms with van der Waals surface area (Å²) < 4.78 is 0. The largest absolute Gasteiger partial charge is 0.185 e. The number of hydrogen-bond donors (Lipinski definition) is 0. The highest BCUT2D eigenvalue weighted by molar-refractivity contribution is 8.04. The summed E-state index contributed by atoms with van der Waals surface area (Å²) in [6.45, 7) is 7.25. The van der Waals surface area contributed by atoms with Crippen LogP contribution in [0.2, 0.25) is 0 Å². The van der Waals surface area contributed by atoms with Crippen LogP contribution in [-0.4, -0.2) is 5.25 Å². The third-order valence-corrected chi connectivity index (χ3v) is 7.33. The van der Waals surface area contributed by atoms with Crippen molar-refractivity contribution >= 4 is 11.8 Å². The van der Waals surface area contributed by atoms with E-state index in [0.29, 0.717) is 10.7 Å². The Morgan fingerprint density at radius 3 is 2.71 bits per heavy atom. The molecule has 0 heterocycles. The molecule has 4 aliphatic rings. The third-order valence-electron chi connectivity index (χ3n) is 6.06. The predicted octanol–water partition coefficient (Wildman–Crippen LogP) is 4.30. The van der Waals surface area contributed by atoms with Gasteiger partial charge in [-0.2, -0.15) is 5.26 Å². The molecule has 4 bridgehead atoms. The molecule has 0 saturated heterocycles. The van der Waals surface area contributed by atoms with Crippen molar-refractivity contribution in [3.63, 3.8) is 0 Å². The third kappa shape index (κ3) is 1.58. The molecule has 0 aromatic carbocycles. The van der Waals surface area contributed by atoms with E-state index >= 15 is 0 Å². The molecular weight excluding hydrogens is 226 g/mol. The molecule has 1 nitrogen and oxygen atoms in total. The van der Waals surface area contributed by atoms with E-state index in [1.165, 1.54) is 25.7 Å². The molecule has 17 heavy (non-hydrogen) atoms. The maximum absolute atomic E-state index is 9.08. The van der Waals surface area contributed by atoms with Crippen LogP contribution >= 0.6 is 11.8 Å². The van der Waals surface area contributed by atoms with Crippen molar-refractivity contribution in [1.82, 2.24) is 0 Å². The van der Waals surface area contributed by atoms with Gasteiger partial charge in [0.1, 0.15) is 5.40 Å². The Morgan fingerprint density at radius 1 is 1.29 bits per heavy atom. The lowest BCUT2D eigenvalue weighted by atomic mass is 9.55. The van der Waals surface area contributed by atoms with Crippen LogP contribution < -0.4 is 0 Å². The van der Waals surface area contributed by atoms with E-state index in [1.807, 2.05) is 0 Å². The van der Waals surface area contributed by atoms with Gasteiger partial charge in [0.15, 0.2) is 0 Å². The van der Waals surface area contributed by atoms with E-state index in [1.54, 1.807) is 11.8 Å². The minimum Gasteiger partial charge on any atom is -0.185 e. The molecule has 0 radical (unpaired) electrons. The fourth-order valence-electron chi connectivity index (χ4n) is 5.34. The maximum atomic E-state index is 9.08. The number of fused-ring (bicyclic) bond motifs is 1. The quantitative estimate of drug-likeness (QED) is 0.681. The van der Waals surface area contributed by atoms with Gasteiger partial charge in [0, 0.05) is 5.25 Å². The molecule has 0 spiro atoms. The highest BCUT2D eigenvalue weighted by atomic mass is 32.2. The van der Waals surface area contributed by atoms with Gasteiger partial charge < -0.3 is 0 Å². The minimum absolute atomic E-state index is 0.466. The Morgan fingerprint density at radius 2 is 2.06 bits per heavy atom. The summed E-state index contributed by atoms with van der Waals surface area (Å²) >= 11 is 1.59. The Hall–Kier alpha value is -0.160. The lowest BCUT2D eigenvalue weighted by Crippen LogP contribution is -2.49. The van der Waals surface area contributed by atoms with Gasteiger partial charge in [0.05, 0.1) is 0 Å². The maximum Gasteiger partial charge on any atom is 0.133 e.